The van der Waals surface area contributed by atoms with Crippen molar-refractivity contribution in [2.45, 2.75) is 0 Å². The Morgan fingerprint density at radius 3 is 2.39 bits per heavy atom. The predicted octanol–water partition coefficient (Wildman–Crippen LogP) is 3.32. The Labute approximate surface area is 117 Å². The molecule has 0 saturated heterocycles. The van der Waals surface area contributed by atoms with Gasteiger partial charge in [-0.25, -0.2) is 4.39 Å². The average Bonchev–Trinajstić information content (AvgIpc) is 2.34. The van der Waals surface area contributed by atoms with Crippen LogP contribution in [0.3, 0.4) is 0 Å². The third-order valence-electron chi connectivity index (χ3n) is 2.26. The second kappa shape index (κ2) is 5.34. The van der Waals surface area contributed by atoms with Gasteiger partial charge in [-0.2, -0.15) is 0 Å². The summed E-state index contributed by atoms with van der Waals surface area (Å²) in [6.45, 7) is 0. The summed E-state index contributed by atoms with van der Waals surface area (Å²) in [4.78, 5) is 10.9. The minimum atomic E-state index is -0.672. The molecule has 18 heavy (non-hydrogen) atoms. The van der Waals surface area contributed by atoms with Gasteiger partial charge < -0.3 is 10.5 Å². The Kier molecular flexibility index (Phi) is 3.81. The summed E-state index contributed by atoms with van der Waals surface area (Å²) in [5.74, 6) is -0.707. The van der Waals surface area contributed by atoms with Gasteiger partial charge in [-0.15, -0.1) is 0 Å². The molecule has 0 aromatic heterocycles. The predicted molar refractivity (Wildman–Crippen MR) is 74.2 cm³/mol. The lowest BCUT2D eigenvalue weighted by Gasteiger charge is -2.07. The van der Waals surface area contributed by atoms with Crippen LogP contribution in [0, 0.1) is 9.39 Å². The molecule has 2 N–H and O–H groups in total. The Balaban J connectivity index is 2.24. The first kappa shape index (κ1) is 12.8. The third kappa shape index (κ3) is 2.98. The molecule has 0 fully saturated rings. The van der Waals surface area contributed by atoms with Crippen LogP contribution in [-0.4, -0.2) is 5.91 Å². The number of benzene rings is 2. The van der Waals surface area contributed by atoms with Gasteiger partial charge >= 0.3 is 0 Å². The number of hydrogen-bond acceptors (Lipinski definition) is 2. The van der Waals surface area contributed by atoms with Crippen LogP contribution in [0.5, 0.6) is 11.5 Å². The van der Waals surface area contributed by atoms with Crippen LogP contribution in [0.15, 0.2) is 42.5 Å². The minimum absolute atomic E-state index is 0.0567. The lowest BCUT2D eigenvalue weighted by Crippen LogP contribution is -2.11. The van der Waals surface area contributed by atoms with E-state index >= 15 is 0 Å². The molecule has 2 aromatic carbocycles. The molecule has 0 spiro atoms. The van der Waals surface area contributed by atoms with E-state index in [2.05, 4.69) is 22.6 Å². The van der Waals surface area contributed by atoms with Gasteiger partial charge in [-0.05, 0) is 65.1 Å². The molecular formula is C13H9FINO2. The van der Waals surface area contributed by atoms with Gasteiger partial charge in [0, 0.05) is 9.13 Å². The first-order valence-electron chi connectivity index (χ1n) is 5.09. The topological polar surface area (TPSA) is 52.3 Å². The standard InChI is InChI=1S/C13H9FINO2/c14-11-7-8(13(16)17)1-6-12(11)18-10-4-2-9(15)3-5-10/h1-7H,(H2,16,17). The first-order valence-corrected chi connectivity index (χ1v) is 6.17. The van der Waals surface area contributed by atoms with E-state index in [4.69, 9.17) is 10.5 Å². The quantitative estimate of drug-likeness (QED) is 0.857. The molecule has 0 heterocycles. The fourth-order valence-electron chi connectivity index (χ4n) is 1.37. The van der Waals surface area contributed by atoms with E-state index in [9.17, 15) is 9.18 Å². The number of carbonyl (C=O) groups excluding carboxylic acids is 1. The summed E-state index contributed by atoms with van der Waals surface area (Å²) in [6.07, 6.45) is 0. The molecule has 1 amide bonds. The summed E-state index contributed by atoms with van der Waals surface area (Å²) in [7, 11) is 0. The normalized spacial score (nSPS) is 10.1. The molecular weight excluding hydrogens is 348 g/mol. The van der Waals surface area contributed by atoms with Crippen molar-refractivity contribution in [3.8, 4) is 11.5 Å². The van der Waals surface area contributed by atoms with Gasteiger partial charge in [0.2, 0.25) is 5.91 Å². The highest BCUT2D eigenvalue weighted by atomic mass is 127. The second-order valence-corrected chi connectivity index (χ2v) is 4.81. The van der Waals surface area contributed by atoms with Crippen molar-refractivity contribution in [1.82, 2.24) is 0 Å². The van der Waals surface area contributed by atoms with Crippen LogP contribution < -0.4 is 10.5 Å². The molecule has 5 heteroatoms. The maximum Gasteiger partial charge on any atom is 0.248 e. The van der Waals surface area contributed by atoms with Gasteiger partial charge in [-0.3, -0.25) is 4.79 Å². The lowest BCUT2D eigenvalue weighted by atomic mass is 10.2. The van der Waals surface area contributed by atoms with Crippen molar-refractivity contribution in [3.05, 3.63) is 57.4 Å². The SMILES string of the molecule is NC(=O)c1ccc(Oc2ccc(I)cc2)c(F)c1. The zero-order chi connectivity index (χ0) is 13.1. The smallest absolute Gasteiger partial charge is 0.248 e. The molecule has 0 aliphatic carbocycles. The lowest BCUT2D eigenvalue weighted by molar-refractivity contribution is 0.1000. The number of rotatable bonds is 3. The molecule has 0 saturated carbocycles. The molecule has 0 aliphatic rings. The maximum absolute atomic E-state index is 13.6. The van der Waals surface area contributed by atoms with Gasteiger partial charge in [0.25, 0.3) is 0 Å². The highest BCUT2D eigenvalue weighted by molar-refractivity contribution is 14.1. The van der Waals surface area contributed by atoms with Gasteiger partial charge in [-0.1, -0.05) is 0 Å². The van der Waals surface area contributed by atoms with Gasteiger partial charge in [0.05, 0.1) is 0 Å². The maximum atomic E-state index is 13.6. The van der Waals surface area contributed by atoms with E-state index in [1.165, 1.54) is 12.1 Å². The number of ether oxygens (including phenoxy) is 1. The van der Waals surface area contributed by atoms with Crippen molar-refractivity contribution in [2.24, 2.45) is 5.73 Å². The van der Waals surface area contributed by atoms with Crippen LogP contribution in [0.25, 0.3) is 0 Å². The molecule has 0 radical (unpaired) electrons. The largest absolute Gasteiger partial charge is 0.454 e. The summed E-state index contributed by atoms with van der Waals surface area (Å²) in [5.41, 5.74) is 5.17. The van der Waals surface area contributed by atoms with Crippen molar-refractivity contribution in [2.75, 3.05) is 0 Å². The van der Waals surface area contributed by atoms with Crippen molar-refractivity contribution in [1.29, 1.82) is 0 Å². The Morgan fingerprint density at radius 1 is 1.17 bits per heavy atom. The van der Waals surface area contributed by atoms with Crippen LogP contribution in [0.2, 0.25) is 0 Å². The number of primary amides is 1. The van der Waals surface area contributed by atoms with E-state index in [1.54, 1.807) is 12.1 Å². The molecule has 3 nitrogen and oxygen atoms in total. The van der Waals surface area contributed by atoms with E-state index in [0.717, 1.165) is 9.64 Å². The summed E-state index contributed by atoms with van der Waals surface area (Å²) < 4.78 is 20.1. The third-order valence-corrected chi connectivity index (χ3v) is 2.98. The molecule has 0 unspecified atom stereocenters. The highest BCUT2D eigenvalue weighted by Gasteiger charge is 2.08. The number of hydrogen-bond donors (Lipinski definition) is 1. The number of nitrogens with two attached hydrogens (primary N) is 1. The Bertz CT molecular complexity index is 584. The van der Waals surface area contributed by atoms with E-state index in [1.807, 2.05) is 12.1 Å². The molecule has 0 bridgehead atoms. The van der Waals surface area contributed by atoms with E-state index < -0.39 is 11.7 Å². The van der Waals surface area contributed by atoms with Crippen molar-refractivity contribution in [3.63, 3.8) is 0 Å². The van der Waals surface area contributed by atoms with E-state index in [0.29, 0.717) is 5.75 Å². The van der Waals surface area contributed by atoms with Gasteiger partial charge in [0.1, 0.15) is 5.75 Å². The molecule has 0 aliphatic heterocycles. The summed E-state index contributed by atoms with van der Waals surface area (Å²) in [6, 6.07) is 11.1. The molecule has 0 atom stereocenters. The average molecular weight is 357 g/mol. The van der Waals surface area contributed by atoms with Gasteiger partial charge in [0.15, 0.2) is 11.6 Å². The van der Waals surface area contributed by atoms with E-state index in [-0.39, 0.29) is 11.3 Å². The van der Waals surface area contributed by atoms with Crippen LogP contribution >= 0.6 is 22.6 Å². The highest BCUT2D eigenvalue weighted by Crippen LogP contribution is 2.25. The van der Waals surface area contributed by atoms with Crippen LogP contribution in [0.1, 0.15) is 10.4 Å². The molecule has 2 aromatic rings. The minimum Gasteiger partial charge on any atom is -0.454 e. The Morgan fingerprint density at radius 2 is 1.83 bits per heavy atom. The summed E-state index contributed by atoms with van der Waals surface area (Å²) in [5, 5.41) is 0. The van der Waals surface area contributed by atoms with Crippen molar-refractivity contribution < 1.29 is 13.9 Å². The van der Waals surface area contributed by atoms with Crippen LogP contribution in [-0.2, 0) is 0 Å². The Hall–Kier alpha value is -1.63. The monoisotopic (exact) mass is 357 g/mol. The fourth-order valence-corrected chi connectivity index (χ4v) is 1.73. The first-order chi connectivity index (χ1) is 8.56. The zero-order valence-electron chi connectivity index (χ0n) is 9.19. The molecule has 92 valence electrons. The van der Waals surface area contributed by atoms with Crippen molar-refractivity contribution >= 4 is 28.5 Å². The van der Waals surface area contributed by atoms with Crippen LogP contribution in [0.4, 0.5) is 4.39 Å². The fraction of sp³-hybridized carbons (Fsp3) is 0. The molecule has 2 rings (SSSR count). The summed E-state index contributed by atoms with van der Waals surface area (Å²) >= 11 is 2.16. The second-order valence-electron chi connectivity index (χ2n) is 3.57. The number of halogens is 2. The number of carbonyl (C=O) groups is 1. The zero-order valence-corrected chi connectivity index (χ0v) is 11.3. The number of amides is 1.